The molecular formula is C12H17NO5S2. The van der Waals surface area contributed by atoms with Crippen molar-refractivity contribution in [3.8, 4) is 0 Å². The van der Waals surface area contributed by atoms with Crippen molar-refractivity contribution in [2.45, 2.75) is 37.4 Å². The monoisotopic (exact) mass is 319 g/mol. The molecule has 0 saturated carbocycles. The normalized spacial score (nSPS) is 23.6. The molecule has 0 aromatic carbocycles. The fourth-order valence-corrected chi connectivity index (χ4v) is 5.06. The molecule has 6 nitrogen and oxygen atoms in total. The third-order valence-corrected chi connectivity index (χ3v) is 5.82. The SMILES string of the molecule is CC1CN(S(=O)(=O)c2csc(C(=O)O)c2)CC(C)(C)O1. The van der Waals surface area contributed by atoms with Gasteiger partial charge in [0.15, 0.2) is 0 Å². The van der Waals surface area contributed by atoms with Crippen molar-refractivity contribution < 1.29 is 23.1 Å². The molecule has 8 heteroatoms. The zero-order valence-corrected chi connectivity index (χ0v) is 13.1. The molecule has 1 N–H and O–H groups in total. The summed E-state index contributed by atoms with van der Waals surface area (Å²) < 4.78 is 32.1. The molecule has 0 spiro atoms. The second-order valence-corrected chi connectivity index (χ2v) is 8.29. The Labute approximate surface area is 122 Å². The van der Waals surface area contributed by atoms with Gasteiger partial charge in [0.25, 0.3) is 0 Å². The number of carbonyl (C=O) groups is 1. The summed E-state index contributed by atoms with van der Waals surface area (Å²) in [4.78, 5) is 10.9. The first-order valence-electron chi connectivity index (χ1n) is 6.12. The lowest BCUT2D eigenvalue weighted by Crippen LogP contribution is -2.53. The van der Waals surface area contributed by atoms with Gasteiger partial charge in [-0.05, 0) is 26.8 Å². The molecule has 1 aromatic heterocycles. The predicted octanol–water partition coefficient (Wildman–Crippen LogP) is 1.63. The summed E-state index contributed by atoms with van der Waals surface area (Å²) in [7, 11) is -3.68. The molecule has 1 saturated heterocycles. The summed E-state index contributed by atoms with van der Waals surface area (Å²) in [5, 5.41) is 10.2. The zero-order valence-electron chi connectivity index (χ0n) is 11.5. The molecule has 1 aliphatic rings. The fraction of sp³-hybridized carbons (Fsp3) is 0.583. The maximum Gasteiger partial charge on any atom is 0.345 e. The molecular weight excluding hydrogens is 302 g/mol. The Balaban J connectivity index is 2.31. The highest BCUT2D eigenvalue weighted by atomic mass is 32.2. The molecule has 0 aliphatic carbocycles. The second kappa shape index (κ2) is 5.10. The first-order valence-corrected chi connectivity index (χ1v) is 8.43. The van der Waals surface area contributed by atoms with Gasteiger partial charge in [-0.15, -0.1) is 11.3 Å². The van der Waals surface area contributed by atoms with Crippen LogP contribution in [0.3, 0.4) is 0 Å². The van der Waals surface area contributed by atoms with Crippen molar-refractivity contribution in [2.75, 3.05) is 13.1 Å². The van der Waals surface area contributed by atoms with Crippen molar-refractivity contribution in [1.29, 1.82) is 0 Å². The van der Waals surface area contributed by atoms with E-state index in [0.717, 1.165) is 11.3 Å². The Morgan fingerprint density at radius 2 is 2.20 bits per heavy atom. The van der Waals surface area contributed by atoms with Crippen LogP contribution in [0.4, 0.5) is 0 Å². The van der Waals surface area contributed by atoms with Crippen LogP contribution in [-0.4, -0.2) is 48.6 Å². The van der Waals surface area contributed by atoms with E-state index in [0.29, 0.717) is 0 Å². The summed E-state index contributed by atoms with van der Waals surface area (Å²) in [6.45, 7) is 6.00. The van der Waals surface area contributed by atoms with Crippen LogP contribution in [0.2, 0.25) is 0 Å². The topological polar surface area (TPSA) is 83.9 Å². The fourth-order valence-electron chi connectivity index (χ4n) is 2.29. The molecule has 1 aliphatic heterocycles. The number of carboxylic acids is 1. The van der Waals surface area contributed by atoms with Gasteiger partial charge in [0.2, 0.25) is 10.0 Å². The van der Waals surface area contributed by atoms with E-state index in [9.17, 15) is 13.2 Å². The quantitative estimate of drug-likeness (QED) is 0.915. The smallest absolute Gasteiger partial charge is 0.345 e. The van der Waals surface area contributed by atoms with E-state index in [4.69, 9.17) is 9.84 Å². The zero-order chi connectivity index (χ0) is 15.1. The van der Waals surface area contributed by atoms with Crippen molar-refractivity contribution in [3.05, 3.63) is 16.3 Å². The lowest BCUT2D eigenvalue weighted by atomic mass is 10.1. The molecule has 2 heterocycles. The summed E-state index contributed by atoms with van der Waals surface area (Å²) >= 11 is 0.913. The van der Waals surface area contributed by atoms with Gasteiger partial charge in [0.05, 0.1) is 16.6 Å². The van der Waals surface area contributed by atoms with Crippen LogP contribution in [0.15, 0.2) is 16.3 Å². The van der Waals surface area contributed by atoms with E-state index in [2.05, 4.69) is 0 Å². The number of thiophene rings is 1. The Kier molecular flexibility index (Phi) is 3.94. The Bertz CT molecular complexity index is 620. The number of carboxylic acid groups (broad SMARTS) is 1. The highest BCUT2D eigenvalue weighted by Gasteiger charge is 2.38. The van der Waals surface area contributed by atoms with Gasteiger partial charge in [-0.3, -0.25) is 0 Å². The van der Waals surface area contributed by atoms with Crippen LogP contribution in [0.5, 0.6) is 0 Å². The van der Waals surface area contributed by atoms with E-state index in [1.807, 2.05) is 20.8 Å². The first kappa shape index (κ1) is 15.4. The number of morpholine rings is 1. The summed E-state index contributed by atoms with van der Waals surface area (Å²) in [6.07, 6.45) is -0.203. The summed E-state index contributed by atoms with van der Waals surface area (Å²) in [5.41, 5.74) is -0.559. The minimum atomic E-state index is -3.68. The summed E-state index contributed by atoms with van der Waals surface area (Å²) in [5.74, 6) is -1.12. The molecule has 0 radical (unpaired) electrons. The van der Waals surface area contributed by atoms with Crippen molar-refractivity contribution >= 4 is 27.3 Å². The van der Waals surface area contributed by atoms with Crippen molar-refractivity contribution in [3.63, 3.8) is 0 Å². The van der Waals surface area contributed by atoms with E-state index >= 15 is 0 Å². The Hall–Kier alpha value is -0.960. The second-order valence-electron chi connectivity index (χ2n) is 5.44. The van der Waals surface area contributed by atoms with Crippen LogP contribution < -0.4 is 0 Å². The van der Waals surface area contributed by atoms with E-state index in [1.165, 1.54) is 15.8 Å². The maximum absolute atomic E-state index is 12.5. The van der Waals surface area contributed by atoms with Crippen LogP contribution in [0.25, 0.3) is 0 Å². The summed E-state index contributed by atoms with van der Waals surface area (Å²) in [6, 6.07) is 1.20. The van der Waals surface area contributed by atoms with Gasteiger partial charge in [-0.2, -0.15) is 4.31 Å². The number of sulfonamides is 1. The predicted molar refractivity (Wildman–Crippen MR) is 74.7 cm³/mol. The minimum Gasteiger partial charge on any atom is -0.477 e. The number of ether oxygens (including phenoxy) is 1. The lowest BCUT2D eigenvalue weighted by Gasteiger charge is -2.40. The number of hydrogen-bond acceptors (Lipinski definition) is 5. The van der Waals surface area contributed by atoms with Crippen LogP contribution >= 0.6 is 11.3 Å². The lowest BCUT2D eigenvalue weighted by molar-refractivity contribution is -0.109. The number of rotatable bonds is 3. The highest BCUT2D eigenvalue weighted by molar-refractivity contribution is 7.89. The van der Waals surface area contributed by atoms with Gasteiger partial charge in [0, 0.05) is 18.5 Å². The van der Waals surface area contributed by atoms with Gasteiger partial charge in [-0.1, -0.05) is 0 Å². The van der Waals surface area contributed by atoms with E-state index in [-0.39, 0.29) is 29.0 Å². The minimum absolute atomic E-state index is 0.0177. The van der Waals surface area contributed by atoms with Gasteiger partial charge in [0.1, 0.15) is 4.88 Å². The Morgan fingerprint density at radius 1 is 1.55 bits per heavy atom. The maximum atomic E-state index is 12.5. The first-order chi connectivity index (χ1) is 9.12. The third-order valence-electron chi connectivity index (χ3n) is 2.96. The standard InChI is InChI=1S/C12H17NO5S2/c1-8-5-13(7-12(2,3)18-8)20(16,17)9-4-10(11(14)15)19-6-9/h4,6,8H,5,7H2,1-3H3,(H,14,15). The molecule has 1 atom stereocenters. The molecule has 0 amide bonds. The molecule has 1 fully saturated rings. The van der Waals surface area contributed by atoms with Crippen molar-refractivity contribution in [2.24, 2.45) is 0 Å². The number of aromatic carboxylic acids is 1. The number of hydrogen-bond donors (Lipinski definition) is 1. The van der Waals surface area contributed by atoms with Crippen LogP contribution in [0.1, 0.15) is 30.4 Å². The van der Waals surface area contributed by atoms with Crippen LogP contribution in [0, 0.1) is 0 Å². The molecule has 20 heavy (non-hydrogen) atoms. The van der Waals surface area contributed by atoms with E-state index in [1.54, 1.807) is 0 Å². The van der Waals surface area contributed by atoms with Crippen molar-refractivity contribution in [1.82, 2.24) is 4.31 Å². The van der Waals surface area contributed by atoms with Gasteiger partial charge in [-0.25, -0.2) is 13.2 Å². The largest absolute Gasteiger partial charge is 0.477 e. The number of nitrogens with zero attached hydrogens (tertiary/aromatic N) is 1. The molecule has 2 rings (SSSR count). The molecule has 0 bridgehead atoms. The molecule has 112 valence electrons. The average Bonchev–Trinajstić information content (AvgIpc) is 2.75. The van der Waals surface area contributed by atoms with Gasteiger partial charge >= 0.3 is 5.97 Å². The van der Waals surface area contributed by atoms with Gasteiger partial charge < -0.3 is 9.84 Å². The molecule has 1 unspecified atom stereocenters. The average molecular weight is 319 g/mol. The Morgan fingerprint density at radius 3 is 2.70 bits per heavy atom. The molecule has 1 aromatic rings. The third kappa shape index (κ3) is 3.03. The van der Waals surface area contributed by atoms with E-state index < -0.39 is 21.6 Å². The highest BCUT2D eigenvalue weighted by Crippen LogP contribution is 2.28. The van der Waals surface area contributed by atoms with Crippen LogP contribution in [-0.2, 0) is 14.8 Å².